The SMILES string of the molecule is CCCCCCCCCCCCCCCCCCCCCCCCCCCCCCCCCCCCOC(=O)NCCCCCCCCCCCCCCCCCC. The predicted octanol–water partition coefficient (Wildman–Crippen LogP) is 20.3. The van der Waals surface area contributed by atoms with Gasteiger partial charge in [-0.2, -0.15) is 0 Å². The molecule has 0 aromatic rings. The molecule has 58 heavy (non-hydrogen) atoms. The topological polar surface area (TPSA) is 38.3 Å². The van der Waals surface area contributed by atoms with Crippen LogP contribution in [-0.4, -0.2) is 19.2 Å². The molecule has 0 aromatic carbocycles. The molecule has 0 aliphatic carbocycles. The molecule has 0 rings (SSSR count). The third kappa shape index (κ3) is 53.3. The number of nitrogens with one attached hydrogen (secondary N) is 1. The second-order valence-electron chi connectivity index (χ2n) is 19.0. The van der Waals surface area contributed by atoms with Crippen LogP contribution in [0.3, 0.4) is 0 Å². The molecule has 0 atom stereocenters. The molecule has 348 valence electrons. The van der Waals surface area contributed by atoms with Crippen LogP contribution in [0.4, 0.5) is 4.79 Å². The lowest BCUT2D eigenvalue weighted by atomic mass is 10.0. The lowest BCUT2D eigenvalue weighted by Crippen LogP contribution is -2.25. The zero-order valence-electron chi connectivity index (χ0n) is 40.6. The van der Waals surface area contributed by atoms with E-state index in [0.717, 1.165) is 19.4 Å². The Morgan fingerprint density at radius 2 is 0.431 bits per heavy atom. The molecule has 0 aliphatic heterocycles. The minimum Gasteiger partial charge on any atom is -0.450 e. The van der Waals surface area contributed by atoms with Crippen LogP contribution in [0.5, 0.6) is 0 Å². The van der Waals surface area contributed by atoms with Crippen molar-refractivity contribution in [2.45, 2.75) is 335 Å². The van der Waals surface area contributed by atoms with Gasteiger partial charge in [-0.1, -0.05) is 322 Å². The highest BCUT2D eigenvalue weighted by atomic mass is 16.5. The first-order valence-corrected chi connectivity index (χ1v) is 27.7. The fourth-order valence-corrected chi connectivity index (χ4v) is 8.91. The van der Waals surface area contributed by atoms with Crippen LogP contribution >= 0.6 is 0 Å². The molecule has 0 radical (unpaired) electrons. The van der Waals surface area contributed by atoms with E-state index in [1.54, 1.807) is 0 Å². The van der Waals surface area contributed by atoms with Crippen LogP contribution < -0.4 is 5.32 Å². The van der Waals surface area contributed by atoms with Crippen molar-refractivity contribution >= 4 is 6.09 Å². The van der Waals surface area contributed by atoms with Gasteiger partial charge in [0.2, 0.25) is 0 Å². The third-order valence-electron chi connectivity index (χ3n) is 13.0. The fraction of sp³-hybridized carbons (Fsp3) is 0.982. The Balaban J connectivity index is 3.13. The van der Waals surface area contributed by atoms with Crippen LogP contribution in [0, 0.1) is 0 Å². The molecular formula is C55H111NO2. The fourth-order valence-electron chi connectivity index (χ4n) is 8.91. The van der Waals surface area contributed by atoms with Crippen molar-refractivity contribution in [2.24, 2.45) is 0 Å². The summed E-state index contributed by atoms with van der Waals surface area (Å²) in [5, 5.41) is 2.95. The number of amides is 1. The maximum Gasteiger partial charge on any atom is 0.407 e. The molecule has 1 N–H and O–H groups in total. The van der Waals surface area contributed by atoms with Gasteiger partial charge in [0.15, 0.2) is 0 Å². The number of alkyl carbamates (subject to hydrolysis) is 1. The molecule has 0 heterocycles. The standard InChI is InChI=1S/C55H111NO2/c1-3-5-7-9-11-13-15-17-19-21-22-23-24-25-26-27-28-29-30-31-32-33-34-35-36-37-38-40-42-44-46-48-50-52-54-58-55(57)56-53-51-49-47-45-43-41-39-20-18-16-14-12-10-8-6-4-2/h3-54H2,1-2H3,(H,56,57). The molecule has 0 bridgehead atoms. The van der Waals surface area contributed by atoms with Crippen molar-refractivity contribution in [3.8, 4) is 0 Å². The second-order valence-corrected chi connectivity index (χ2v) is 19.0. The average Bonchev–Trinajstić information content (AvgIpc) is 3.23. The first-order valence-electron chi connectivity index (χ1n) is 27.7. The summed E-state index contributed by atoms with van der Waals surface area (Å²) in [5.41, 5.74) is 0. The Morgan fingerprint density at radius 1 is 0.259 bits per heavy atom. The number of carbonyl (C=O) groups is 1. The van der Waals surface area contributed by atoms with Gasteiger partial charge in [0.05, 0.1) is 6.61 Å². The summed E-state index contributed by atoms with van der Waals surface area (Å²) < 4.78 is 5.39. The van der Waals surface area contributed by atoms with E-state index in [-0.39, 0.29) is 6.09 Å². The normalized spacial score (nSPS) is 11.5. The van der Waals surface area contributed by atoms with Crippen LogP contribution in [0.1, 0.15) is 335 Å². The van der Waals surface area contributed by atoms with Crippen molar-refractivity contribution in [2.75, 3.05) is 13.2 Å². The maximum atomic E-state index is 11.9. The minimum atomic E-state index is -0.216. The summed E-state index contributed by atoms with van der Waals surface area (Å²) in [4.78, 5) is 11.9. The van der Waals surface area contributed by atoms with Gasteiger partial charge in [-0.05, 0) is 12.8 Å². The van der Waals surface area contributed by atoms with Crippen LogP contribution in [0.25, 0.3) is 0 Å². The monoisotopic (exact) mass is 818 g/mol. The van der Waals surface area contributed by atoms with Crippen molar-refractivity contribution in [3.05, 3.63) is 0 Å². The van der Waals surface area contributed by atoms with Crippen LogP contribution in [0.15, 0.2) is 0 Å². The van der Waals surface area contributed by atoms with Gasteiger partial charge in [0, 0.05) is 6.54 Å². The van der Waals surface area contributed by atoms with E-state index in [1.165, 1.54) is 308 Å². The summed E-state index contributed by atoms with van der Waals surface area (Å²) in [6.45, 7) is 5.94. The second kappa shape index (κ2) is 54.3. The zero-order valence-corrected chi connectivity index (χ0v) is 40.6. The number of ether oxygens (including phenoxy) is 1. The number of rotatable bonds is 52. The van der Waals surface area contributed by atoms with E-state index in [2.05, 4.69) is 19.2 Å². The molecular weight excluding hydrogens is 707 g/mol. The Hall–Kier alpha value is -0.730. The summed E-state index contributed by atoms with van der Waals surface area (Å²) in [6, 6.07) is 0. The van der Waals surface area contributed by atoms with Crippen molar-refractivity contribution in [1.29, 1.82) is 0 Å². The molecule has 0 aromatic heterocycles. The first-order chi connectivity index (χ1) is 28.8. The summed E-state index contributed by atoms with van der Waals surface area (Å²) in [5.74, 6) is 0. The number of carbonyl (C=O) groups excluding carboxylic acids is 1. The maximum absolute atomic E-state index is 11.9. The van der Waals surface area contributed by atoms with E-state index in [1.807, 2.05) is 0 Å². The zero-order chi connectivity index (χ0) is 41.8. The van der Waals surface area contributed by atoms with Gasteiger partial charge in [-0.3, -0.25) is 0 Å². The van der Waals surface area contributed by atoms with E-state index in [9.17, 15) is 4.79 Å². The van der Waals surface area contributed by atoms with Crippen molar-refractivity contribution < 1.29 is 9.53 Å². The number of hydrogen-bond acceptors (Lipinski definition) is 2. The molecule has 3 heteroatoms. The molecule has 1 amide bonds. The van der Waals surface area contributed by atoms with Gasteiger partial charge < -0.3 is 10.1 Å². The van der Waals surface area contributed by atoms with E-state index in [4.69, 9.17) is 4.74 Å². The average molecular weight is 818 g/mol. The van der Waals surface area contributed by atoms with Gasteiger partial charge >= 0.3 is 6.09 Å². The lowest BCUT2D eigenvalue weighted by molar-refractivity contribution is 0.143. The minimum absolute atomic E-state index is 0.216. The Bertz CT molecular complexity index is 725. The van der Waals surface area contributed by atoms with E-state index >= 15 is 0 Å². The molecule has 0 fully saturated rings. The Labute approximate surface area is 367 Å². The van der Waals surface area contributed by atoms with Gasteiger partial charge in [-0.25, -0.2) is 4.79 Å². The highest BCUT2D eigenvalue weighted by molar-refractivity contribution is 5.66. The van der Waals surface area contributed by atoms with Gasteiger partial charge in [-0.15, -0.1) is 0 Å². The highest BCUT2D eigenvalue weighted by Crippen LogP contribution is 2.18. The lowest BCUT2D eigenvalue weighted by Gasteiger charge is -2.07. The highest BCUT2D eigenvalue weighted by Gasteiger charge is 2.02. The van der Waals surface area contributed by atoms with E-state index in [0.29, 0.717) is 6.61 Å². The largest absolute Gasteiger partial charge is 0.450 e. The summed E-state index contributed by atoms with van der Waals surface area (Å²) in [7, 11) is 0. The molecule has 0 saturated carbocycles. The molecule has 0 spiro atoms. The summed E-state index contributed by atoms with van der Waals surface area (Å²) >= 11 is 0. The quantitative estimate of drug-likeness (QED) is 0.0621. The Kier molecular flexibility index (Phi) is 53.6. The van der Waals surface area contributed by atoms with Crippen molar-refractivity contribution in [3.63, 3.8) is 0 Å². The molecule has 0 saturated heterocycles. The summed E-state index contributed by atoms with van der Waals surface area (Å²) in [6.07, 6.45) is 70.4. The van der Waals surface area contributed by atoms with E-state index < -0.39 is 0 Å². The number of unbranched alkanes of at least 4 members (excludes halogenated alkanes) is 48. The van der Waals surface area contributed by atoms with Crippen LogP contribution in [-0.2, 0) is 4.74 Å². The van der Waals surface area contributed by atoms with Crippen molar-refractivity contribution in [1.82, 2.24) is 5.32 Å². The number of hydrogen-bond donors (Lipinski definition) is 1. The first kappa shape index (κ1) is 57.3. The Morgan fingerprint density at radius 3 is 0.638 bits per heavy atom. The molecule has 0 aliphatic rings. The van der Waals surface area contributed by atoms with Crippen LogP contribution in [0.2, 0.25) is 0 Å². The van der Waals surface area contributed by atoms with Gasteiger partial charge in [0.1, 0.15) is 0 Å². The molecule has 3 nitrogen and oxygen atoms in total. The smallest absolute Gasteiger partial charge is 0.407 e. The third-order valence-corrected chi connectivity index (χ3v) is 13.0. The molecule has 0 unspecified atom stereocenters. The van der Waals surface area contributed by atoms with Gasteiger partial charge in [0.25, 0.3) is 0 Å². The predicted molar refractivity (Wildman–Crippen MR) is 262 cm³/mol.